The van der Waals surface area contributed by atoms with Gasteiger partial charge in [0, 0.05) is 42.0 Å². The van der Waals surface area contributed by atoms with Crippen molar-refractivity contribution in [1.82, 2.24) is 30.0 Å². The third kappa shape index (κ3) is 6.62. The van der Waals surface area contributed by atoms with Crippen molar-refractivity contribution in [3.8, 4) is 22.9 Å². The summed E-state index contributed by atoms with van der Waals surface area (Å²) in [4.78, 5) is 24.3. The van der Waals surface area contributed by atoms with Crippen LogP contribution in [0.15, 0.2) is 42.6 Å². The van der Waals surface area contributed by atoms with Gasteiger partial charge in [-0.05, 0) is 51.0 Å². The summed E-state index contributed by atoms with van der Waals surface area (Å²) in [6.45, 7) is 10.4. The zero-order valence-corrected chi connectivity index (χ0v) is 20.7. The van der Waals surface area contributed by atoms with E-state index in [1.807, 2.05) is 51.2 Å². The molecule has 34 heavy (non-hydrogen) atoms. The molecule has 1 saturated heterocycles. The monoisotopic (exact) mass is 482 g/mol. The van der Waals surface area contributed by atoms with Crippen LogP contribution < -0.4 is 5.32 Å². The van der Waals surface area contributed by atoms with Gasteiger partial charge >= 0.3 is 0 Å². The molecule has 0 aliphatic carbocycles. The second-order valence-electron chi connectivity index (χ2n) is 9.48. The molecule has 4 rings (SSSR count). The summed E-state index contributed by atoms with van der Waals surface area (Å²) in [6.07, 6.45) is 2.80. The van der Waals surface area contributed by atoms with Gasteiger partial charge in [0.05, 0.1) is 13.2 Å². The van der Waals surface area contributed by atoms with Crippen LogP contribution in [0.3, 0.4) is 0 Å². The van der Waals surface area contributed by atoms with Gasteiger partial charge in [-0.2, -0.15) is 0 Å². The topological polar surface area (TPSA) is 85.2 Å². The lowest BCUT2D eigenvalue weighted by Crippen LogP contribution is -2.42. The van der Waals surface area contributed by atoms with Gasteiger partial charge in [-0.15, -0.1) is 5.10 Å². The molecule has 1 fully saturated rings. The highest BCUT2D eigenvalue weighted by atomic mass is 35.5. The molecule has 3 heterocycles. The maximum Gasteiger partial charge on any atom is 0.242 e. The van der Waals surface area contributed by atoms with Crippen molar-refractivity contribution in [1.29, 1.82) is 0 Å². The molecule has 180 valence electrons. The molecule has 1 aliphatic heterocycles. The average Bonchev–Trinajstić information content (AvgIpc) is 3.21. The molecular formula is C25H31ClN6O2. The largest absolute Gasteiger partial charge is 0.379 e. The highest BCUT2D eigenvalue weighted by molar-refractivity contribution is 6.30. The molecule has 3 aromatic rings. The number of halogens is 1. The highest BCUT2D eigenvalue weighted by Gasteiger charge is 2.20. The van der Waals surface area contributed by atoms with Crippen LogP contribution in [-0.2, 0) is 22.5 Å². The zero-order valence-electron chi connectivity index (χ0n) is 19.9. The number of morpholine rings is 1. The van der Waals surface area contributed by atoms with Gasteiger partial charge < -0.3 is 10.1 Å². The van der Waals surface area contributed by atoms with Crippen LogP contribution in [0.5, 0.6) is 0 Å². The lowest BCUT2D eigenvalue weighted by molar-refractivity contribution is -0.123. The molecule has 0 atom stereocenters. The summed E-state index contributed by atoms with van der Waals surface area (Å²) in [6, 6.07) is 11.4. The van der Waals surface area contributed by atoms with E-state index in [-0.39, 0.29) is 18.0 Å². The van der Waals surface area contributed by atoms with Crippen LogP contribution in [0.2, 0.25) is 5.02 Å². The number of nitrogens with one attached hydrogen (secondary N) is 1. The Labute approximate surface area is 205 Å². The van der Waals surface area contributed by atoms with Gasteiger partial charge in [0.15, 0.2) is 11.6 Å². The lowest BCUT2D eigenvalue weighted by Gasteiger charge is -2.26. The molecule has 2 aromatic heterocycles. The van der Waals surface area contributed by atoms with E-state index in [9.17, 15) is 4.79 Å². The molecule has 1 N–H and O–H groups in total. The summed E-state index contributed by atoms with van der Waals surface area (Å²) >= 11 is 6.21. The molecule has 1 aromatic carbocycles. The van der Waals surface area contributed by atoms with Crippen LogP contribution >= 0.6 is 11.6 Å². The molecule has 1 amide bonds. The zero-order chi connectivity index (χ0) is 24.1. The Balaban J connectivity index is 1.54. The predicted molar refractivity (Wildman–Crippen MR) is 133 cm³/mol. The lowest BCUT2D eigenvalue weighted by atomic mass is 10.1. The SMILES string of the molecule is CC(C)(C)NC(=O)Cn1nc(-c2ccc(CCN3CCOCC3)cn2)nc1-c1cccc(Cl)c1. The van der Waals surface area contributed by atoms with E-state index in [1.165, 1.54) is 0 Å². The van der Waals surface area contributed by atoms with Crippen LogP contribution in [0, 0.1) is 0 Å². The Hall–Kier alpha value is -2.81. The molecule has 9 heteroatoms. The Bertz CT molecular complexity index is 1120. The van der Waals surface area contributed by atoms with E-state index in [2.05, 4.69) is 26.4 Å². The maximum atomic E-state index is 12.6. The number of hydrogen-bond acceptors (Lipinski definition) is 6. The van der Waals surface area contributed by atoms with Crippen molar-refractivity contribution in [3.05, 3.63) is 53.2 Å². The third-order valence-corrected chi connectivity index (χ3v) is 5.67. The van der Waals surface area contributed by atoms with E-state index in [0.717, 1.165) is 50.4 Å². The molecule has 1 aliphatic rings. The number of benzene rings is 1. The quantitative estimate of drug-likeness (QED) is 0.555. The fraction of sp³-hybridized carbons (Fsp3) is 0.440. The smallest absolute Gasteiger partial charge is 0.242 e. The highest BCUT2D eigenvalue weighted by Crippen LogP contribution is 2.24. The van der Waals surface area contributed by atoms with Gasteiger partial charge in [0.25, 0.3) is 0 Å². The fourth-order valence-corrected chi connectivity index (χ4v) is 4.00. The first-order valence-electron chi connectivity index (χ1n) is 11.5. The average molecular weight is 483 g/mol. The maximum absolute atomic E-state index is 12.6. The molecule has 0 radical (unpaired) electrons. The standard InChI is InChI=1S/C25H31ClN6O2/c1-25(2,3)29-22(33)17-32-24(19-5-4-6-20(26)15-19)28-23(30-32)21-8-7-18(16-27-21)9-10-31-11-13-34-14-12-31/h4-8,15-16H,9-14,17H2,1-3H3,(H,29,33). The number of pyridine rings is 1. The number of amides is 1. The Morgan fingerprint density at radius 2 is 1.97 bits per heavy atom. The van der Waals surface area contributed by atoms with Crippen molar-refractivity contribution in [2.24, 2.45) is 0 Å². The van der Waals surface area contributed by atoms with Gasteiger partial charge in [-0.3, -0.25) is 14.7 Å². The number of rotatable bonds is 7. The number of nitrogens with zero attached hydrogens (tertiary/aromatic N) is 5. The van der Waals surface area contributed by atoms with Crippen molar-refractivity contribution in [2.75, 3.05) is 32.8 Å². The van der Waals surface area contributed by atoms with Crippen molar-refractivity contribution in [2.45, 2.75) is 39.3 Å². The van der Waals surface area contributed by atoms with Crippen LogP contribution in [0.1, 0.15) is 26.3 Å². The first-order valence-corrected chi connectivity index (χ1v) is 11.9. The van der Waals surface area contributed by atoms with Crippen molar-refractivity contribution < 1.29 is 9.53 Å². The number of ether oxygens (including phenoxy) is 1. The fourth-order valence-electron chi connectivity index (χ4n) is 3.81. The first kappa shape index (κ1) is 24.3. The normalized spacial score (nSPS) is 14.8. The second kappa shape index (κ2) is 10.6. The Morgan fingerprint density at radius 1 is 1.18 bits per heavy atom. The van der Waals surface area contributed by atoms with Crippen molar-refractivity contribution in [3.63, 3.8) is 0 Å². The molecule has 0 bridgehead atoms. The summed E-state index contributed by atoms with van der Waals surface area (Å²) in [7, 11) is 0. The minimum atomic E-state index is -0.338. The van der Waals surface area contributed by atoms with Gasteiger partial charge in [-0.1, -0.05) is 29.8 Å². The third-order valence-electron chi connectivity index (χ3n) is 5.44. The van der Waals surface area contributed by atoms with Crippen LogP contribution in [-0.4, -0.2) is 68.9 Å². The van der Waals surface area contributed by atoms with Gasteiger partial charge in [-0.25, -0.2) is 9.67 Å². The molecule has 0 unspecified atom stereocenters. The number of aromatic nitrogens is 4. The first-order chi connectivity index (χ1) is 16.3. The molecule has 0 saturated carbocycles. The minimum Gasteiger partial charge on any atom is -0.379 e. The van der Waals surface area contributed by atoms with E-state index in [1.54, 1.807) is 10.7 Å². The van der Waals surface area contributed by atoms with Gasteiger partial charge in [0.2, 0.25) is 5.91 Å². The summed E-state index contributed by atoms with van der Waals surface area (Å²) in [5.41, 5.74) is 2.27. The van der Waals surface area contributed by atoms with E-state index >= 15 is 0 Å². The summed E-state index contributed by atoms with van der Waals surface area (Å²) in [5.74, 6) is 0.900. The van der Waals surface area contributed by atoms with E-state index in [4.69, 9.17) is 21.3 Å². The van der Waals surface area contributed by atoms with E-state index in [0.29, 0.717) is 22.4 Å². The number of carbonyl (C=O) groups is 1. The van der Waals surface area contributed by atoms with Crippen LogP contribution in [0.25, 0.3) is 22.9 Å². The number of hydrogen-bond donors (Lipinski definition) is 1. The Kier molecular flexibility index (Phi) is 7.60. The molecule has 0 spiro atoms. The Morgan fingerprint density at radius 3 is 2.65 bits per heavy atom. The van der Waals surface area contributed by atoms with E-state index < -0.39 is 0 Å². The molecular weight excluding hydrogens is 452 g/mol. The van der Waals surface area contributed by atoms with Crippen molar-refractivity contribution >= 4 is 17.5 Å². The summed E-state index contributed by atoms with van der Waals surface area (Å²) in [5, 5.41) is 8.19. The van der Waals surface area contributed by atoms with Gasteiger partial charge in [0.1, 0.15) is 12.2 Å². The second-order valence-corrected chi connectivity index (χ2v) is 9.92. The van der Waals surface area contributed by atoms with Crippen LogP contribution in [0.4, 0.5) is 0 Å². The molecule has 8 nitrogen and oxygen atoms in total. The number of carbonyl (C=O) groups excluding carboxylic acids is 1. The summed E-state index contributed by atoms with van der Waals surface area (Å²) < 4.78 is 7.02. The predicted octanol–water partition coefficient (Wildman–Crippen LogP) is 3.45. The minimum absolute atomic E-state index is 0.0454.